The molecule has 25 heavy (non-hydrogen) atoms. The minimum atomic E-state index is -0.410. The van der Waals surface area contributed by atoms with Gasteiger partial charge in [-0.1, -0.05) is 30.3 Å². The second-order valence-corrected chi connectivity index (χ2v) is 5.40. The van der Waals surface area contributed by atoms with Crippen LogP contribution in [0.4, 0.5) is 0 Å². The lowest BCUT2D eigenvalue weighted by molar-refractivity contribution is 0.0459. The maximum atomic E-state index is 12.2. The fraction of sp³-hybridized carbons (Fsp3) is 0.211. The summed E-state index contributed by atoms with van der Waals surface area (Å²) in [5, 5.41) is 8.29. The van der Waals surface area contributed by atoms with Gasteiger partial charge >= 0.3 is 5.97 Å². The third-order valence-corrected chi connectivity index (χ3v) is 3.73. The van der Waals surface area contributed by atoms with Crippen molar-refractivity contribution in [1.82, 2.24) is 14.8 Å². The third kappa shape index (κ3) is 3.85. The number of aromatic nitrogens is 3. The summed E-state index contributed by atoms with van der Waals surface area (Å²) >= 11 is 0. The summed E-state index contributed by atoms with van der Waals surface area (Å²) in [7, 11) is 1.85. The highest BCUT2D eigenvalue weighted by Crippen LogP contribution is 2.17. The standard InChI is InChI=1S/C19H19N3O3/c1-3-24-16-11-9-15(10-12-16)19(23)25-13-17-20-21-18(22(17)2)14-7-5-4-6-8-14/h4-12H,3,13H2,1-2H3. The van der Waals surface area contributed by atoms with Gasteiger partial charge in [0, 0.05) is 12.6 Å². The zero-order chi connectivity index (χ0) is 17.6. The number of benzene rings is 2. The molecule has 3 rings (SSSR count). The quantitative estimate of drug-likeness (QED) is 0.646. The molecule has 0 N–H and O–H groups in total. The fourth-order valence-corrected chi connectivity index (χ4v) is 2.39. The minimum absolute atomic E-state index is 0.0579. The Morgan fingerprint density at radius 1 is 1.04 bits per heavy atom. The molecule has 128 valence electrons. The van der Waals surface area contributed by atoms with Gasteiger partial charge in [-0.25, -0.2) is 4.79 Å². The smallest absolute Gasteiger partial charge is 0.338 e. The molecule has 0 fully saturated rings. The van der Waals surface area contributed by atoms with Crippen LogP contribution in [0.3, 0.4) is 0 Å². The van der Waals surface area contributed by atoms with E-state index >= 15 is 0 Å². The zero-order valence-corrected chi connectivity index (χ0v) is 14.2. The molecule has 0 amide bonds. The van der Waals surface area contributed by atoms with Crippen LogP contribution in [0.2, 0.25) is 0 Å². The number of rotatable bonds is 6. The molecule has 0 aliphatic carbocycles. The van der Waals surface area contributed by atoms with Crippen LogP contribution in [0.15, 0.2) is 54.6 Å². The summed E-state index contributed by atoms with van der Waals surface area (Å²) in [5.74, 6) is 1.62. The Hall–Kier alpha value is -3.15. The topological polar surface area (TPSA) is 66.2 Å². The Kier molecular flexibility index (Phi) is 5.09. The van der Waals surface area contributed by atoms with E-state index in [1.54, 1.807) is 24.3 Å². The molecule has 0 aliphatic rings. The lowest BCUT2D eigenvalue weighted by Gasteiger charge is -2.07. The van der Waals surface area contributed by atoms with Gasteiger partial charge in [0.1, 0.15) is 5.75 Å². The van der Waals surface area contributed by atoms with Crippen molar-refractivity contribution in [3.8, 4) is 17.1 Å². The Morgan fingerprint density at radius 2 is 1.76 bits per heavy atom. The molecule has 0 saturated carbocycles. The molecule has 0 aliphatic heterocycles. The van der Waals surface area contributed by atoms with Crippen LogP contribution in [-0.4, -0.2) is 27.3 Å². The summed E-state index contributed by atoms with van der Waals surface area (Å²) in [5.41, 5.74) is 1.43. The van der Waals surface area contributed by atoms with E-state index in [0.29, 0.717) is 18.0 Å². The lowest BCUT2D eigenvalue weighted by Crippen LogP contribution is -2.09. The van der Waals surface area contributed by atoms with Crippen LogP contribution in [0.25, 0.3) is 11.4 Å². The second-order valence-electron chi connectivity index (χ2n) is 5.40. The summed E-state index contributed by atoms with van der Waals surface area (Å²) in [4.78, 5) is 12.2. The maximum absolute atomic E-state index is 12.2. The van der Waals surface area contributed by atoms with E-state index in [9.17, 15) is 4.79 Å². The first-order chi connectivity index (χ1) is 12.2. The predicted molar refractivity (Wildman–Crippen MR) is 93.2 cm³/mol. The lowest BCUT2D eigenvalue weighted by atomic mass is 10.2. The van der Waals surface area contributed by atoms with Crippen molar-refractivity contribution in [3.05, 3.63) is 66.0 Å². The first-order valence-electron chi connectivity index (χ1n) is 8.02. The van der Waals surface area contributed by atoms with Gasteiger partial charge in [-0.3, -0.25) is 0 Å². The summed E-state index contributed by atoms with van der Waals surface area (Å²) in [6, 6.07) is 16.6. The van der Waals surface area contributed by atoms with Gasteiger partial charge in [0.2, 0.25) is 0 Å². The molecule has 6 nitrogen and oxygen atoms in total. The molecule has 1 heterocycles. The van der Waals surface area contributed by atoms with E-state index in [4.69, 9.17) is 9.47 Å². The van der Waals surface area contributed by atoms with Gasteiger partial charge in [0.05, 0.1) is 12.2 Å². The van der Waals surface area contributed by atoms with Crippen LogP contribution < -0.4 is 4.74 Å². The number of esters is 1. The first kappa shape index (κ1) is 16.7. The molecule has 6 heteroatoms. The van der Waals surface area contributed by atoms with Crippen molar-refractivity contribution < 1.29 is 14.3 Å². The third-order valence-electron chi connectivity index (χ3n) is 3.73. The average Bonchev–Trinajstić information content (AvgIpc) is 3.02. The van der Waals surface area contributed by atoms with E-state index in [-0.39, 0.29) is 6.61 Å². The van der Waals surface area contributed by atoms with E-state index in [2.05, 4.69) is 10.2 Å². The second kappa shape index (κ2) is 7.61. The molecular formula is C19H19N3O3. The van der Waals surface area contributed by atoms with Crippen molar-refractivity contribution in [2.45, 2.75) is 13.5 Å². The van der Waals surface area contributed by atoms with Crippen molar-refractivity contribution in [3.63, 3.8) is 0 Å². The normalized spacial score (nSPS) is 10.5. The first-order valence-corrected chi connectivity index (χ1v) is 8.02. The van der Waals surface area contributed by atoms with Crippen molar-refractivity contribution in [2.75, 3.05) is 6.61 Å². The minimum Gasteiger partial charge on any atom is -0.494 e. The largest absolute Gasteiger partial charge is 0.494 e. The summed E-state index contributed by atoms with van der Waals surface area (Å²) < 4.78 is 12.5. The molecule has 0 radical (unpaired) electrons. The Morgan fingerprint density at radius 3 is 2.44 bits per heavy atom. The van der Waals surface area contributed by atoms with Crippen LogP contribution in [0.1, 0.15) is 23.1 Å². The van der Waals surface area contributed by atoms with Gasteiger partial charge in [-0.05, 0) is 31.2 Å². The Balaban J connectivity index is 1.65. The van der Waals surface area contributed by atoms with E-state index < -0.39 is 5.97 Å². The molecule has 0 unspecified atom stereocenters. The predicted octanol–water partition coefficient (Wildman–Crippen LogP) is 3.24. The number of hydrogen-bond donors (Lipinski definition) is 0. The number of nitrogens with zero attached hydrogens (tertiary/aromatic N) is 3. The highest BCUT2D eigenvalue weighted by atomic mass is 16.5. The van der Waals surface area contributed by atoms with E-state index in [1.807, 2.05) is 48.9 Å². The van der Waals surface area contributed by atoms with Gasteiger partial charge in [-0.2, -0.15) is 0 Å². The van der Waals surface area contributed by atoms with Crippen LogP contribution >= 0.6 is 0 Å². The summed E-state index contributed by atoms with van der Waals surface area (Å²) in [6.45, 7) is 2.55. The molecule has 0 saturated heterocycles. The number of carbonyl (C=O) groups excluding carboxylic acids is 1. The van der Waals surface area contributed by atoms with Gasteiger partial charge in [0.25, 0.3) is 0 Å². The average molecular weight is 337 g/mol. The van der Waals surface area contributed by atoms with Gasteiger partial charge < -0.3 is 14.0 Å². The number of ether oxygens (including phenoxy) is 2. The molecular weight excluding hydrogens is 318 g/mol. The molecule has 2 aromatic carbocycles. The van der Waals surface area contributed by atoms with Crippen LogP contribution in [0.5, 0.6) is 5.75 Å². The van der Waals surface area contributed by atoms with Crippen molar-refractivity contribution >= 4 is 5.97 Å². The molecule has 0 bridgehead atoms. The van der Waals surface area contributed by atoms with Gasteiger partial charge in [0.15, 0.2) is 18.3 Å². The monoisotopic (exact) mass is 337 g/mol. The number of hydrogen-bond acceptors (Lipinski definition) is 5. The number of carbonyl (C=O) groups is 1. The highest BCUT2D eigenvalue weighted by Gasteiger charge is 2.13. The zero-order valence-electron chi connectivity index (χ0n) is 14.2. The van der Waals surface area contributed by atoms with Crippen LogP contribution in [-0.2, 0) is 18.4 Å². The Bertz CT molecular complexity index is 842. The molecule has 0 atom stereocenters. The van der Waals surface area contributed by atoms with Crippen molar-refractivity contribution in [1.29, 1.82) is 0 Å². The maximum Gasteiger partial charge on any atom is 0.338 e. The molecule has 3 aromatic rings. The summed E-state index contributed by atoms with van der Waals surface area (Å²) in [6.07, 6.45) is 0. The van der Waals surface area contributed by atoms with Crippen molar-refractivity contribution in [2.24, 2.45) is 7.05 Å². The Labute approximate surface area is 146 Å². The van der Waals surface area contributed by atoms with E-state index in [0.717, 1.165) is 17.1 Å². The van der Waals surface area contributed by atoms with E-state index in [1.165, 1.54) is 0 Å². The highest BCUT2D eigenvalue weighted by molar-refractivity contribution is 5.89. The van der Waals surface area contributed by atoms with Gasteiger partial charge in [-0.15, -0.1) is 10.2 Å². The SMILES string of the molecule is CCOc1ccc(C(=O)OCc2nnc(-c3ccccc3)n2C)cc1. The molecule has 1 aromatic heterocycles. The molecule has 0 spiro atoms. The fourth-order valence-electron chi connectivity index (χ4n) is 2.39. The van der Waals surface area contributed by atoms with Crippen LogP contribution in [0, 0.1) is 0 Å².